The minimum atomic E-state index is -0.854. The van der Waals surface area contributed by atoms with E-state index in [2.05, 4.69) is 47.2 Å². The van der Waals surface area contributed by atoms with Gasteiger partial charge >= 0.3 is 0 Å². The predicted molar refractivity (Wildman–Crippen MR) is 201 cm³/mol. The van der Waals surface area contributed by atoms with Crippen molar-refractivity contribution < 1.29 is 24.0 Å². The zero-order chi connectivity index (χ0) is 36.9. The highest BCUT2D eigenvalue weighted by Crippen LogP contribution is 2.30. The van der Waals surface area contributed by atoms with E-state index in [1.54, 1.807) is 36.4 Å². The summed E-state index contributed by atoms with van der Waals surface area (Å²) in [5.74, 6) is -1.31. The van der Waals surface area contributed by atoms with Crippen LogP contribution in [0.25, 0.3) is 22.5 Å². The van der Waals surface area contributed by atoms with Crippen LogP contribution in [0.2, 0.25) is 0 Å². The van der Waals surface area contributed by atoms with E-state index in [9.17, 15) is 24.0 Å². The first-order chi connectivity index (χ1) is 25.2. The number of tetrazole rings is 1. The number of hydrogen-bond acceptors (Lipinski definition) is 10. The summed E-state index contributed by atoms with van der Waals surface area (Å²) in [7, 11) is 0. The Balaban J connectivity index is 0.00000627. The van der Waals surface area contributed by atoms with E-state index >= 15 is 0 Å². The number of halogens is 1. The van der Waals surface area contributed by atoms with Crippen molar-refractivity contribution in [1.82, 2.24) is 36.6 Å². The first-order valence-corrected chi connectivity index (χ1v) is 17.1. The van der Waals surface area contributed by atoms with Gasteiger partial charge in [-0.15, -0.1) is 22.6 Å². The van der Waals surface area contributed by atoms with Crippen LogP contribution in [0, 0.1) is 11.8 Å². The van der Waals surface area contributed by atoms with Crippen LogP contribution in [0.1, 0.15) is 31.2 Å². The zero-order valence-corrected chi connectivity index (χ0v) is 29.8. The second kappa shape index (κ2) is 19.8. The van der Waals surface area contributed by atoms with Crippen LogP contribution < -0.4 is 38.1 Å². The number of hydrogen-bond donors (Lipinski definition) is 8. The zero-order valence-electron chi connectivity index (χ0n) is 29.0. The third-order valence-corrected chi connectivity index (χ3v) is 8.92. The number of nitrogens with one attached hydrogen (secondary N) is 6. The van der Waals surface area contributed by atoms with E-state index in [1.807, 2.05) is 36.4 Å². The Labute approximate surface area is 312 Å². The summed E-state index contributed by atoms with van der Waals surface area (Å²) in [6.07, 6.45) is 3.45. The maximum absolute atomic E-state index is 13.7. The Hall–Kier alpha value is -5.71. The molecule has 1 heterocycles. The van der Waals surface area contributed by atoms with E-state index in [-0.39, 0.29) is 56.2 Å². The molecule has 1 aliphatic carbocycles. The SMILES string of the molecule is Cl.NCC(=O)NCC(=O)NCC(=O)Nc1ccccc1-c1ccc(C[C@H](NC(=O)C2CCC(CN)CC2)C(=O)Nc2ccc(-c3nn[nH]n3)cc2)cc1. The molecule has 10 N–H and O–H groups in total. The van der Waals surface area contributed by atoms with Crippen LogP contribution in [0.15, 0.2) is 72.8 Å². The Morgan fingerprint density at radius 1 is 0.774 bits per heavy atom. The van der Waals surface area contributed by atoms with Crippen LogP contribution in [-0.2, 0) is 30.4 Å². The fourth-order valence-corrected chi connectivity index (χ4v) is 5.96. The van der Waals surface area contributed by atoms with Gasteiger partial charge in [0.2, 0.25) is 35.4 Å². The van der Waals surface area contributed by atoms with E-state index < -0.39 is 23.8 Å². The third kappa shape index (κ3) is 11.6. The van der Waals surface area contributed by atoms with Gasteiger partial charge in [-0.3, -0.25) is 24.0 Å². The van der Waals surface area contributed by atoms with Crippen molar-refractivity contribution in [1.29, 1.82) is 0 Å². The number of benzene rings is 3. The predicted octanol–water partition coefficient (Wildman–Crippen LogP) is 1.52. The molecule has 5 amide bonds. The number of nitrogens with two attached hydrogens (primary N) is 2. The van der Waals surface area contributed by atoms with Crippen molar-refractivity contribution in [2.75, 3.05) is 36.8 Å². The number of rotatable bonds is 15. The van der Waals surface area contributed by atoms with Gasteiger partial charge in [-0.25, -0.2) is 0 Å². The standard InChI is InChI=1S/C36H43N11O5.ClH/c37-18-23-7-11-26(12-8-23)35(51)43-30(36(52)41-27-15-13-25(14-16-27)34-44-46-47-45-34)17-22-5-9-24(10-6-22)28-3-1-2-4-29(28)42-33(50)21-40-32(49)20-39-31(48)19-38;/h1-6,9-10,13-16,23,26,30H,7-8,11-12,17-21,37-38H2,(H,39,48)(H,40,49)(H,41,52)(H,42,50)(H,43,51)(H,44,45,46,47);1H/t23?,26?,30-;/m0./s1. The molecule has 0 saturated heterocycles. The number of H-pyrrole nitrogens is 1. The molecule has 53 heavy (non-hydrogen) atoms. The van der Waals surface area contributed by atoms with Crippen molar-refractivity contribution in [3.63, 3.8) is 0 Å². The minimum absolute atomic E-state index is 0. The maximum Gasteiger partial charge on any atom is 0.247 e. The van der Waals surface area contributed by atoms with Crippen LogP contribution in [0.3, 0.4) is 0 Å². The van der Waals surface area contributed by atoms with Crippen molar-refractivity contribution in [3.8, 4) is 22.5 Å². The van der Waals surface area contributed by atoms with Gasteiger partial charge in [-0.05, 0) is 84.8 Å². The highest BCUT2D eigenvalue weighted by atomic mass is 35.5. The molecule has 1 aliphatic rings. The van der Waals surface area contributed by atoms with E-state index in [0.717, 1.165) is 47.9 Å². The molecule has 0 aliphatic heterocycles. The van der Waals surface area contributed by atoms with Crippen LogP contribution >= 0.6 is 12.4 Å². The van der Waals surface area contributed by atoms with Crippen molar-refractivity contribution in [3.05, 3.63) is 78.4 Å². The number of amides is 5. The molecule has 0 bridgehead atoms. The normalized spacial score (nSPS) is 15.6. The second-order valence-electron chi connectivity index (χ2n) is 12.6. The topological polar surface area (TPSA) is 252 Å². The van der Waals surface area contributed by atoms with Crippen molar-refractivity contribution in [2.24, 2.45) is 23.3 Å². The smallest absolute Gasteiger partial charge is 0.247 e. The van der Waals surface area contributed by atoms with Gasteiger partial charge in [0.15, 0.2) is 0 Å². The van der Waals surface area contributed by atoms with Gasteiger partial charge in [0.1, 0.15) is 6.04 Å². The number of aromatic nitrogens is 4. The highest BCUT2D eigenvalue weighted by Gasteiger charge is 2.29. The summed E-state index contributed by atoms with van der Waals surface area (Å²) in [5.41, 5.74) is 15.2. The summed E-state index contributed by atoms with van der Waals surface area (Å²) in [6.45, 7) is -0.218. The molecule has 16 nitrogen and oxygen atoms in total. The number of carbonyl (C=O) groups is 5. The summed E-state index contributed by atoms with van der Waals surface area (Å²) in [4.78, 5) is 63.0. The lowest BCUT2D eigenvalue weighted by molar-refractivity contribution is -0.130. The molecule has 5 rings (SSSR count). The molecule has 1 saturated carbocycles. The van der Waals surface area contributed by atoms with Crippen LogP contribution in [0.4, 0.5) is 11.4 Å². The number of para-hydroxylation sites is 1. The average molecular weight is 746 g/mol. The lowest BCUT2D eigenvalue weighted by Gasteiger charge is -2.28. The number of aromatic amines is 1. The molecular weight excluding hydrogens is 702 g/mol. The number of carbonyl (C=O) groups excluding carboxylic acids is 5. The van der Waals surface area contributed by atoms with Gasteiger partial charge in [0, 0.05) is 34.8 Å². The number of anilines is 2. The lowest BCUT2D eigenvalue weighted by atomic mass is 9.81. The largest absolute Gasteiger partial charge is 0.346 e. The monoisotopic (exact) mass is 745 g/mol. The third-order valence-electron chi connectivity index (χ3n) is 8.92. The van der Waals surface area contributed by atoms with Crippen molar-refractivity contribution >= 4 is 53.3 Å². The van der Waals surface area contributed by atoms with Gasteiger partial charge in [-0.1, -0.05) is 42.5 Å². The molecule has 0 radical (unpaired) electrons. The molecule has 1 atom stereocenters. The molecular formula is C36H44ClN11O5. The second-order valence-corrected chi connectivity index (χ2v) is 12.6. The quantitative estimate of drug-likeness (QED) is 0.0871. The fraction of sp³-hybridized carbons (Fsp3) is 0.333. The Kier molecular flexibility index (Phi) is 15.0. The van der Waals surface area contributed by atoms with Gasteiger partial charge < -0.3 is 38.1 Å². The Morgan fingerprint density at radius 3 is 2.09 bits per heavy atom. The van der Waals surface area contributed by atoms with E-state index in [0.29, 0.717) is 29.7 Å². The van der Waals surface area contributed by atoms with Crippen LogP contribution in [0.5, 0.6) is 0 Å². The molecule has 0 unspecified atom stereocenters. The lowest BCUT2D eigenvalue weighted by Crippen LogP contribution is -2.48. The van der Waals surface area contributed by atoms with Gasteiger partial charge in [-0.2, -0.15) is 5.21 Å². The van der Waals surface area contributed by atoms with Crippen LogP contribution in [-0.4, -0.2) is 82.4 Å². The molecule has 1 fully saturated rings. The summed E-state index contributed by atoms with van der Waals surface area (Å²) >= 11 is 0. The molecule has 280 valence electrons. The van der Waals surface area contributed by atoms with Gasteiger partial charge in [0.25, 0.3) is 0 Å². The summed E-state index contributed by atoms with van der Waals surface area (Å²) < 4.78 is 0. The highest BCUT2D eigenvalue weighted by molar-refractivity contribution is 5.99. The molecule has 1 aromatic heterocycles. The minimum Gasteiger partial charge on any atom is -0.346 e. The summed E-state index contributed by atoms with van der Waals surface area (Å²) in [5, 5.41) is 27.5. The van der Waals surface area contributed by atoms with E-state index in [1.165, 1.54) is 0 Å². The summed E-state index contributed by atoms with van der Waals surface area (Å²) in [6, 6.07) is 20.9. The first kappa shape index (κ1) is 40.1. The Bertz CT molecular complexity index is 1830. The molecule has 3 aromatic carbocycles. The maximum atomic E-state index is 13.7. The molecule has 4 aromatic rings. The van der Waals surface area contributed by atoms with Gasteiger partial charge in [0.05, 0.1) is 19.6 Å². The molecule has 17 heteroatoms. The fourth-order valence-electron chi connectivity index (χ4n) is 5.96. The van der Waals surface area contributed by atoms with E-state index in [4.69, 9.17) is 11.5 Å². The molecule has 0 spiro atoms. The first-order valence-electron chi connectivity index (χ1n) is 17.1. The number of nitrogens with zero attached hydrogens (tertiary/aromatic N) is 3. The van der Waals surface area contributed by atoms with Crippen molar-refractivity contribution in [2.45, 2.75) is 38.1 Å². The average Bonchev–Trinajstić information content (AvgIpc) is 3.72. The Morgan fingerprint density at radius 2 is 1.43 bits per heavy atom.